The zero-order valence-corrected chi connectivity index (χ0v) is 23.7. The van der Waals surface area contributed by atoms with Crippen molar-refractivity contribution in [1.82, 2.24) is 10.2 Å². The highest BCUT2D eigenvalue weighted by molar-refractivity contribution is 7.92. The lowest BCUT2D eigenvalue weighted by Crippen LogP contribution is -2.53. The SMILES string of the molecule is CC[C@H](C(=O)NC(C)C)N(Cc1ccccc1C)C(=O)CN(c1ccccc1)S(=O)(=O)c1ccc(Cl)cc1. The average molecular weight is 556 g/mol. The molecule has 0 aromatic heterocycles. The number of halogens is 1. The Hall–Kier alpha value is -3.36. The summed E-state index contributed by atoms with van der Waals surface area (Å²) in [5, 5.41) is 3.30. The van der Waals surface area contributed by atoms with E-state index in [4.69, 9.17) is 11.6 Å². The Labute approximate surface area is 230 Å². The standard InChI is InChI=1S/C29H34ClN3O4S/c1-5-27(29(35)31-21(2)3)32(19-23-12-10-9-11-22(23)4)28(34)20-33(25-13-7-6-8-14-25)38(36,37)26-17-15-24(30)16-18-26/h6-18,21,27H,5,19-20H2,1-4H3,(H,31,35)/t27-/m1/s1. The molecule has 0 radical (unpaired) electrons. The highest BCUT2D eigenvalue weighted by atomic mass is 35.5. The minimum absolute atomic E-state index is 0.00796. The lowest BCUT2D eigenvalue weighted by Gasteiger charge is -2.34. The minimum Gasteiger partial charge on any atom is -0.352 e. The summed E-state index contributed by atoms with van der Waals surface area (Å²) in [6, 6.07) is 21.0. The predicted octanol–water partition coefficient (Wildman–Crippen LogP) is 5.18. The summed E-state index contributed by atoms with van der Waals surface area (Å²) in [6.45, 7) is 7.17. The maximum atomic E-state index is 14.0. The number of benzene rings is 3. The second kappa shape index (κ2) is 12.9. The molecule has 3 aromatic carbocycles. The molecule has 0 bridgehead atoms. The van der Waals surface area contributed by atoms with Crippen molar-refractivity contribution in [3.8, 4) is 0 Å². The van der Waals surface area contributed by atoms with Gasteiger partial charge in [0.25, 0.3) is 10.0 Å². The molecule has 0 spiro atoms. The van der Waals surface area contributed by atoms with Crippen molar-refractivity contribution in [2.24, 2.45) is 0 Å². The molecule has 0 aliphatic rings. The molecule has 3 aromatic rings. The molecule has 1 atom stereocenters. The number of aryl methyl sites for hydroxylation is 1. The Morgan fingerprint density at radius 1 is 0.921 bits per heavy atom. The molecule has 0 saturated carbocycles. The first-order valence-corrected chi connectivity index (χ1v) is 14.3. The number of para-hydroxylation sites is 1. The van der Waals surface area contributed by atoms with Gasteiger partial charge in [0.1, 0.15) is 12.6 Å². The minimum atomic E-state index is -4.13. The Morgan fingerprint density at radius 3 is 2.11 bits per heavy atom. The summed E-state index contributed by atoms with van der Waals surface area (Å²) in [7, 11) is -4.13. The van der Waals surface area contributed by atoms with Crippen molar-refractivity contribution in [1.29, 1.82) is 0 Å². The molecular formula is C29H34ClN3O4S. The van der Waals surface area contributed by atoms with Crippen molar-refractivity contribution in [3.05, 3.63) is 95.0 Å². The Kier molecular flexibility index (Phi) is 9.94. The fourth-order valence-electron chi connectivity index (χ4n) is 4.13. The van der Waals surface area contributed by atoms with Crippen molar-refractivity contribution < 1.29 is 18.0 Å². The summed E-state index contributed by atoms with van der Waals surface area (Å²) in [5.74, 6) is -0.767. The van der Waals surface area contributed by atoms with E-state index in [1.807, 2.05) is 52.0 Å². The van der Waals surface area contributed by atoms with E-state index in [0.717, 1.165) is 15.4 Å². The number of amides is 2. The molecule has 2 amide bonds. The Morgan fingerprint density at radius 2 is 1.53 bits per heavy atom. The molecule has 0 aliphatic carbocycles. The van der Waals surface area contributed by atoms with Gasteiger partial charge in [0.05, 0.1) is 10.6 Å². The predicted molar refractivity (Wildman–Crippen MR) is 152 cm³/mol. The van der Waals surface area contributed by atoms with Gasteiger partial charge in [0.15, 0.2) is 0 Å². The van der Waals surface area contributed by atoms with Crippen LogP contribution in [0.2, 0.25) is 5.02 Å². The number of hydrogen-bond acceptors (Lipinski definition) is 4. The van der Waals surface area contributed by atoms with E-state index < -0.39 is 28.5 Å². The summed E-state index contributed by atoms with van der Waals surface area (Å²) in [4.78, 5) is 28.6. The van der Waals surface area contributed by atoms with Crippen LogP contribution in [0.15, 0.2) is 83.8 Å². The summed E-state index contributed by atoms with van der Waals surface area (Å²) in [6.07, 6.45) is 0.367. The van der Waals surface area contributed by atoms with Crippen molar-refractivity contribution in [2.45, 2.75) is 57.6 Å². The second-order valence-corrected chi connectivity index (χ2v) is 11.6. The van der Waals surface area contributed by atoms with Crippen LogP contribution < -0.4 is 9.62 Å². The summed E-state index contributed by atoms with van der Waals surface area (Å²) >= 11 is 5.98. The van der Waals surface area contributed by atoms with Crippen LogP contribution in [0.1, 0.15) is 38.3 Å². The fraction of sp³-hybridized carbons (Fsp3) is 0.310. The summed E-state index contributed by atoms with van der Waals surface area (Å²) < 4.78 is 28.6. The molecule has 0 saturated heterocycles. The fourth-order valence-corrected chi connectivity index (χ4v) is 5.67. The van der Waals surface area contributed by atoms with Gasteiger partial charge in [-0.15, -0.1) is 0 Å². The molecule has 0 unspecified atom stereocenters. The first kappa shape index (κ1) is 29.2. The lowest BCUT2D eigenvalue weighted by atomic mass is 10.1. The molecule has 7 nitrogen and oxygen atoms in total. The Balaban J connectivity index is 2.05. The number of hydrogen-bond donors (Lipinski definition) is 1. The largest absolute Gasteiger partial charge is 0.352 e. The van der Waals surface area contributed by atoms with Crippen LogP contribution >= 0.6 is 11.6 Å². The number of rotatable bonds is 11. The Bertz CT molecular complexity index is 1350. The number of nitrogens with one attached hydrogen (secondary N) is 1. The summed E-state index contributed by atoms with van der Waals surface area (Å²) in [5.41, 5.74) is 2.19. The van der Waals surface area contributed by atoms with Crippen molar-refractivity contribution in [3.63, 3.8) is 0 Å². The van der Waals surface area contributed by atoms with Crippen LogP contribution in [-0.4, -0.2) is 43.8 Å². The smallest absolute Gasteiger partial charge is 0.264 e. The van der Waals surface area contributed by atoms with E-state index >= 15 is 0 Å². The number of sulfonamides is 1. The zero-order valence-electron chi connectivity index (χ0n) is 22.1. The van der Waals surface area contributed by atoms with Crippen LogP contribution in [0.25, 0.3) is 0 Å². The molecule has 0 fully saturated rings. The highest BCUT2D eigenvalue weighted by Gasteiger charge is 2.34. The number of carbonyl (C=O) groups excluding carboxylic acids is 2. The maximum Gasteiger partial charge on any atom is 0.264 e. The van der Waals surface area contributed by atoms with Gasteiger partial charge < -0.3 is 10.2 Å². The third-order valence-electron chi connectivity index (χ3n) is 6.14. The van der Waals surface area contributed by atoms with Gasteiger partial charge in [-0.3, -0.25) is 13.9 Å². The van der Waals surface area contributed by atoms with Crippen molar-refractivity contribution in [2.75, 3.05) is 10.8 Å². The zero-order chi connectivity index (χ0) is 27.9. The third kappa shape index (κ3) is 7.14. The van der Waals surface area contributed by atoms with Gasteiger partial charge in [0, 0.05) is 17.6 Å². The van der Waals surface area contributed by atoms with Gasteiger partial charge in [-0.2, -0.15) is 0 Å². The van der Waals surface area contributed by atoms with E-state index in [2.05, 4.69) is 5.32 Å². The molecule has 0 aliphatic heterocycles. The monoisotopic (exact) mass is 555 g/mol. The topological polar surface area (TPSA) is 86.8 Å². The molecule has 9 heteroatoms. The van der Waals surface area contributed by atoms with Crippen LogP contribution in [0.3, 0.4) is 0 Å². The second-order valence-electron chi connectivity index (χ2n) is 9.34. The van der Waals surface area contributed by atoms with E-state index in [-0.39, 0.29) is 23.4 Å². The quantitative estimate of drug-likeness (QED) is 0.353. The highest BCUT2D eigenvalue weighted by Crippen LogP contribution is 2.26. The van der Waals surface area contributed by atoms with Gasteiger partial charge in [0.2, 0.25) is 11.8 Å². The van der Waals surface area contributed by atoms with Crippen LogP contribution in [0.4, 0.5) is 5.69 Å². The third-order valence-corrected chi connectivity index (χ3v) is 8.18. The molecule has 3 rings (SSSR count). The molecule has 202 valence electrons. The molecule has 0 heterocycles. The van der Waals surface area contributed by atoms with Crippen LogP contribution in [0, 0.1) is 6.92 Å². The van der Waals surface area contributed by atoms with E-state index in [0.29, 0.717) is 17.1 Å². The number of nitrogens with zero attached hydrogens (tertiary/aromatic N) is 2. The van der Waals surface area contributed by atoms with Crippen LogP contribution in [0.5, 0.6) is 0 Å². The van der Waals surface area contributed by atoms with Gasteiger partial charge in [-0.05, 0) is 74.7 Å². The first-order chi connectivity index (χ1) is 18.0. The number of carbonyl (C=O) groups is 2. The van der Waals surface area contributed by atoms with E-state index in [9.17, 15) is 18.0 Å². The molecule has 1 N–H and O–H groups in total. The van der Waals surface area contributed by atoms with Crippen LogP contribution in [-0.2, 0) is 26.2 Å². The number of anilines is 1. The average Bonchev–Trinajstić information content (AvgIpc) is 2.88. The van der Waals surface area contributed by atoms with E-state index in [1.165, 1.54) is 29.2 Å². The van der Waals surface area contributed by atoms with Gasteiger partial charge >= 0.3 is 0 Å². The van der Waals surface area contributed by atoms with Gasteiger partial charge in [-0.25, -0.2) is 8.42 Å². The van der Waals surface area contributed by atoms with Gasteiger partial charge in [-0.1, -0.05) is 61.0 Å². The first-order valence-electron chi connectivity index (χ1n) is 12.5. The molecule has 38 heavy (non-hydrogen) atoms. The van der Waals surface area contributed by atoms with E-state index in [1.54, 1.807) is 30.3 Å². The maximum absolute atomic E-state index is 14.0. The normalized spacial score (nSPS) is 12.2. The van der Waals surface area contributed by atoms with Crippen molar-refractivity contribution >= 4 is 39.1 Å². The lowest BCUT2D eigenvalue weighted by molar-refractivity contribution is -0.140. The molecular weight excluding hydrogens is 522 g/mol.